The summed E-state index contributed by atoms with van der Waals surface area (Å²) in [5.74, 6) is -5.81. The molecule has 0 radical (unpaired) electrons. The number of aryl methyl sites for hydroxylation is 2. The fraction of sp³-hybridized carbons (Fsp3) is 0.0769. The van der Waals surface area contributed by atoms with Gasteiger partial charge in [-0.15, -0.1) is 0 Å². The Kier molecular flexibility index (Phi) is 8.52. The quantitative estimate of drug-likeness (QED) is 0.100. The van der Waals surface area contributed by atoms with Crippen LogP contribution in [0.25, 0.3) is 44.2 Å². The minimum absolute atomic E-state index is 0.0389. The van der Waals surface area contributed by atoms with Gasteiger partial charge in [0.1, 0.15) is 34.9 Å². The van der Waals surface area contributed by atoms with E-state index in [0.717, 1.165) is 18.2 Å². The third-order valence-corrected chi connectivity index (χ3v) is 7.93. The SMILES string of the molecule is CCc1cc(-c2ccc(-c3c(F)cc4cc(C)cc(F)c4c3F)cc2)cc(F)c1C#Cc1cc(F)c(-c2cc(F)c(F)c(F)c2)c(F)c1. The Bertz CT molecular complexity index is 2280. The zero-order valence-corrected chi connectivity index (χ0v) is 25.1. The van der Waals surface area contributed by atoms with Crippen molar-refractivity contribution < 1.29 is 39.5 Å². The molecule has 0 nitrogen and oxygen atoms in total. The molecule has 0 saturated heterocycles. The lowest BCUT2D eigenvalue weighted by atomic mass is 9.94. The van der Waals surface area contributed by atoms with Gasteiger partial charge in [-0.3, -0.25) is 0 Å². The molecule has 9 heteroatoms. The van der Waals surface area contributed by atoms with Gasteiger partial charge in [0.05, 0.1) is 22.1 Å². The summed E-state index contributed by atoms with van der Waals surface area (Å²) in [4.78, 5) is 0. The molecule has 0 aliphatic rings. The molecule has 0 N–H and O–H groups in total. The van der Waals surface area contributed by atoms with Crippen LogP contribution in [0.3, 0.4) is 0 Å². The first-order valence-corrected chi connectivity index (χ1v) is 14.5. The van der Waals surface area contributed by atoms with E-state index < -0.39 is 69.0 Å². The number of hydrogen-bond donors (Lipinski definition) is 0. The van der Waals surface area contributed by atoms with Crippen LogP contribution in [0.4, 0.5) is 39.5 Å². The predicted octanol–water partition coefficient (Wildman–Crippen LogP) is 11.4. The molecule has 6 aromatic carbocycles. The summed E-state index contributed by atoms with van der Waals surface area (Å²) in [5, 5.41) is -0.230. The second kappa shape index (κ2) is 12.6. The zero-order valence-electron chi connectivity index (χ0n) is 25.1. The van der Waals surface area contributed by atoms with Gasteiger partial charge in [0, 0.05) is 5.56 Å². The summed E-state index contributed by atoms with van der Waals surface area (Å²) in [6, 6.07) is 15.1. The molecule has 6 rings (SSSR count). The van der Waals surface area contributed by atoms with Crippen LogP contribution < -0.4 is 0 Å². The highest BCUT2D eigenvalue weighted by atomic mass is 19.2. The Balaban J connectivity index is 1.32. The second-order valence-corrected chi connectivity index (χ2v) is 11.1. The van der Waals surface area contributed by atoms with Crippen molar-refractivity contribution in [1.82, 2.24) is 0 Å². The van der Waals surface area contributed by atoms with E-state index in [1.54, 1.807) is 19.9 Å². The van der Waals surface area contributed by atoms with Gasteiger partial charge in [0.25, 0.3) is 0 Å². The normalized spacial score (nSPS) is 11.1. The van der Waals surface area contributed by atoms with E-state index in [0.29, 0.717) is 40.8 Å². The van der Waals surface area contributed by atoms with Crippen LogP contribution in [0.5, 0.6) is 0 Å². The summed E-state index contributed by atoms with van der Waals surface area (Å²) < 4.78 is 131. The first kappa shape index (κ1) is 32.5. The highest BCUT2D eigenvalue weighted by molar-refractivity contribution is 5.90. The highest BCUT2D eigenvalue weighted by Crippen LogP contribution is 2.36. The molecule has 0 saturated carbocycles. The largest absolute Gasteiger partial charge is 0.206 e. The molecule has 48 heavy (non-hydrogen) atoms. The van der Waals surface area contributed by atoms with Gasteiger partial charge in [0.2, 0.25) is 0 Å². The van der Waals surface area contributed by atoms with Crippen LogP contribution in [0.1, 0.15) is 29.2 Å². The zero-order chi connectivity index (χ0) is 34.4. The van der Waals surface area contributed by atoms with Crippen LogP contribution in [0.2, 0.25) is 0 Å². The molecule has 0 amide bonds. The maximum absolute atomic E-state index is 15.4. The van der Waals surface area contributed by atoms with Crippen LogP contribution >= 0.6 is 0 Å². The van der Waals surface area contributed by atoms with Crippen molar-refractivity contribution in [2.45, 2.75) is 20.3 Å². The Morgan fingerprint density at radius 2 is 1.06 bits per heavy atom. The molecule has 6 aromatic rings. The van der Waals surface area contributed by atoms with Crippen molar-refractivity contribution in [1.29, 1.82) is 0 Å². The molecule has 0 fully saturated rings. The van der Waals surface area contributed by atoms with Gasteiger partial charge >= 0.3 is 0 Å². The maximum atomic E-state index is 15.4. The molecule has 0 aliphatic carbocycles. The molecule has 0 bridgehead atoms. The van der Waals surface area contributed by atoms with Crippen molar-refractivity contribution in [2.24, 2.45) is 0 Å². The van der Waals surface area contributed by atoms with Gasteiger partial charge in [-0.1, -0.05) is 49.1 Å². The van der Waals surface area contributed by atoms with Crippen LogP contribution in [0.15, 0.2) is 78.9 Å². The molecule has 0 atom stereocenters. The van der Waals surface area contributed by atoms with Crippen molar-refractivity contribution in [3.05, 3.63) is 153 Å². The maximum Gasteiger partial charge on any atom is 0.194 e. The molecule has 0 aliphatic heterocycles. The third-order valence-electron chi connectivity index (χ3n) is 7.93. The molecular weight excluding hydrogens is 639 g/mol. The molecule has 0 spiro atoms. The van der Waals surface area contributed by atoms with E-state index >= 15 is 13.2 Å². The minimum atomic E-state index is -1.78. The van der Waals surface area contributed by atoms with Crippen LogP contribution in [0, 0.1) is 71.1 Å². The molecular formula is C39H21F9. The van der Waals surface area contributed by atoms with E-state index in [2.05, 4.69) is 11.8 Å². The van der Waals surface area contributed by atoms with E-state index in [-0.39, 0.29) is 27.5 Å². The average molecular weight is 661 g/mol. The van der Waals surface area contributed by atoms with E-state index in [1.807, 2.05) is 0 Å². The minimum Gasteiger partial charge on any atom is -0.206 e. The summed E-state index contributed by atoms with van der Waals surface area (Å²) in [6.07, 6.45) is 0.314. The van der Waals surface area contributed by atoms with E-state index in [4.69, 9.17) is 0 Å². The van der Waals surface area contributed by atoms with E-state index in [1.165, 1.54) is 42.5 Å². The van der Waals surface area contributed by atoms with Crippen LogP contribution in [-0.2, 0) is 6.42 Å². The van der Waals surface area contributed by atoms with Crippen LogP contribution in [-0.4, -0.2) is 0 Å². The van der Waals surface area contributed by atoms with Gasteiger partial charge in [0.15, 0.2) is 17.5 Å². The van der Waals surface area contributed by atoms with Gasteiger partial charge < -0.3 is 0 Å². The second-order valence-electron chi connectivity index (χ2n) is 11.1. The first-order valence-electron chi connectivity index (χ1n) is 14.5. The van der Waals surface area contributed by atoms with Crippen molar-refractivity contribution in [2.75, 3.05) is 0 Å². The monoisotopic (exact) mass is 660 g/mol. The summed E-state index contributed by atoms with van der Waals surface area (Å²) in [6.45, 7) is 3.36. The number of fused-ring (bicyclic) bond motifs is 1. The fourth-order valence-electron chi connectivity index (χ4n) is 5.65. The number of hydrogen-bond acceptors (Lipinski definition) is 0. The number of benzene rings is 6. The Morgan fingerprint density at radius 1 is 0.479 bits per heavy atom. The van der Waals surface area contributed by atoms with Crippen molar-refractivity contribution in [3.8, 4) is 45.2 Å². The summed E-state index contributed by atoms with van der Waals surface area (Å²) >= 11 is 0. The molecule has 0 heterocycles. The molecule has 0 unspecified atom stereocenters. The fourth-order valence-corrected chi connectivity index (χ4v) is 5.65. The molecule has 0 aromatic heterocycles. The lowest BCUT2D eigenvalue weighted by molar-refractivity contribution is 0.447. The Morgan fingerprint density at radius 3 is 1.69 bits per heavy atom. The summed E-state index contributed by atoms with van der Waals surface area (Å²) in [7, 11) is 0. The lowest BCUT2D eigenvalue weighted by Gasteiger charge is -2.12. The van der Waals surface area contributed by atoms with Gasteiger partial charge in [-0.25, -0.2) is 39.5 Å². The van der Waals surface area contributed by atoms with Gasteiger partial charge in [-0.2, -0.15) is 0 Å². The third kappa shape index (κ3) is 5.90. The first-order chi connectivity index (χ1) is 22.9. The van der Waals surface area contributed by atoms with Gasteiger partial charge in [-0.05, 0) is 101 Å². The number of rotatable bonds is 4. The Labute approximate surface area is 269 Å². The predicted molar refractivity (Wildman–Crippen MR) is 166 cm³/mol. The summed E-state index contributed by atoms with van der Waals surface area (Å²) in [5.41, 5.74) is 0.0615. The molecule has 240 valence electrons. The average Bonchev–Trinajstić information content (AvgIpc) is 3.02. The number of halogens is 9. The lowest BCUT2D eigenvalue weighted by Crippen LogP contribution is -1.97. The standard InChI is InChI=1S/C39H21F9/c1-3-21-14-24(22-5-7-23(8-6-22)36-32(44)16-25-10-19(2)11-29(41)37(25)39(36)48)15-28(40)27(21)9-4-20-12-30(42)35(31(43)13-20)26-17-33(45)38(47)34(46)18-26/h5-8,10-18H,3H2,1-2H3. The van der Waals surface area contributed by atoms with Crippen molar-refractivity contribution >= 4 is 10.8 Å². The smallest absolute Gasteiger partial charge is 0.194 e. The topological polar surface area (TPSA) is 0 Å². The highest BCUT2D eigenvalue weighted by Gasteiger charge is 2.20. The van der Waals surface area contributed by atoms with Crippen molar-refractivity contribution in [3.63, 3.8) is 0 Å². The Hall–Kier alpha value is -5.49. The van der Waals surface area contributed by atoms with E-state index in [9.17, 15) is 26.3 Å².